The van der Waals surface area contributed by atoms with E-state index < -0.39 is 6.10 Å². The second-order valence-corrected chi connectivity index (χ2v) is 18.7. The van der Waals surface area contributed by atoms with E-state index in [-0.39, 0.29) is 31.1 Å². The van der Waals surface area contributed by atoms with Gasteiger partial charge in [-0.3, -0.25) is 14.4 Å². The molecule has 0 N–H and O–H groups in total. The lowest BCUT2D eigenvalue weighted by Crippen LogP contribution is -2.30. The summed E-state index contributed by atoms with van der Waals surface area (Å²) >= 11 is 0. The maximum Gasteiger partial charge on any atom is 0.306 e. The van der Waals surface area contributed by atoms with Crippen LogP contribution in [0.5, 0.6) is 0 Å². The van der Waals surface area contributed by atoms with Crippen molar-refractivity contribution in [3.05, 3.63) is 134 Å². The highest BCUT2D eigenvalue weighted by Gasteiger charge is 2.19. The molecule has 0 spiro atoms. The minimum Gasteiger partial charge on any atom is -0.462 e. The van der Waals surface area contributed by atoms with E-state index in [1.165, 1.54) is 103 Å². The Balaban J connectivity index is 4.52. The molecule has 1 atom stereocenters. The van der Waals surface area contributed by atoms with E-state index in [0.717, 1.165) is 96.3 Å². The fraction of sp³-hybridized carbons (Fsp3) is 0.615. The SMILES string of the molecule is CC\C=C/C=C\C=C/C=C\C=C\C=C/C=C\CCCCCC(=O)OCC(COC(=O)CCCCCCC\C=C/C=C\C=C/C=C\CC)OC(=O)CCCCCCCCCCCCCCCCCCCCC. The Morgan fingerprint density at radius 2 is 0.549 bits per heavy atom. The molecule has 6 heteroatoms. The number of rotatable bonds is 50. The van der Waals surface area contributed by atoms with Crippen molar-refractivity contribution < 1.29 is 28.6 Å². The van der Waals surface area contributed by atoms with Gasteiger partial charge in [0.05, 0.1) is 0 Å². The maximum atomic E-state index is 12.9. The molecule has 0 rings (SSSR count). The maximum absolute atomic E-state index is 12.9. The number of unbranched alkanes of at least 4 members (excludes halogenated alkanes) is 26. The summed E-state index contributed by atoms with van der Waals surface area (Å²) in [5, 5.41) is 0. The molecule has 0 bridgehead atoms. The van der Waals surface area contributed by atoms with Crippen LogP contribution < -0.4 is 0 Å². The monoisotopic (exact) mass is 981 g/mol. The number of hydrogen-bond donors (Lipinski definition) is 0. The van der Waals surface area contributed by atoms with Gasteiger partial charge < -0.3 is 14.2 Å². The van der Waals surface area contributed by atoms with E-state index in [1.54, 1.807) is 0 Å². The first kappa shape index (κ1) is 66.6. The first-order valence-corrected chi connectivity index (χ1v) is 28.8. The highest BCUT2D eigenvalue weighted by molar-refractivity contribution is 5.71. The summed E-state index contributed by atoms with van der Waals surface area (Å²) in [6.07, 6.45) is 81.5. The molecule has 0 radical (unpaired) electrons. The molecule has 0 aromatic rings. The van der Waals surface area contributed by atoms with Crippen LogP contribution in [0.2, 0.25) is 0 Å². The Hall–Kier alpha value is -4.45. The molecule has 400 valence electrons. The molecule has 0 fully saturated rings. The van der Waals surface area contributed by atoms with Crippen molar-refractivity contribution in [1.29, 1.82) is 0 Å². The largest absolute Gasteiger partial charge is 0.462 e. The van der Waals surface area contributed by atoms with E-state index >= 15 is 0 Å². The molecular formula is C65H104O6. The van der Waals surface area contributed by atoms with Gasteiger partial charge in [0.1, 0.15) is 13.2 Å². The van der Waals surface area contributed by atoms with Crippen molar-refractivity contribution in [1.82, 2.24) is 0 Å². The zero-order chi connectivity index (χ0) is 51.4. The summed E-state index contributed by atoms with van der Waals surface area (Å²) in [4.78, 5) is 38.2. The number of esters is 3. The van der Waals surface area contributed by atoms with Gasteiger partial charge in [0.25, 0.3) is 0 Å². The number of carbonyl (C=O) groups is 3. The van der Waals surface area contributed by atoms with Gasteiger partial charge in [0.2, 0.25) is 0 Å². The van der Waals surface area contributed by atoms with Gasteiger partial charge in [-0.15, -0.1) is 0 Å². The Labute approximate surface area is 436 Å². The van der Waals surface area contributed by atoms with Gasteiger partial charge >= 0.3 is 17.9 Å². The third-order valence-corrected chi connectivity index (χ3v) is 11.9. The van der Waals surface area contributed by atoms with E-state index in [9.17, 15) is 14.4 Å². The molecule has 0 aromatic heterocycles. The Kier molecular flexibility index (Phi) is 54.5. The Morgan fingerprint density at radius 1 is 0.296 bits per heavy atom. The molecule has 0 aliphatic carbocycles. The number of ether oxygens (including phenoxy) is 3. The molecule has 0 saturated carbocycles. The summed E-state index contributed by atoms with van der Waals surface area (Å²) in [5.41, 5.74) is 0. The lowest BCUT2D eigenvalue weighted by molar-refractivity contribution is -0.167. The van der Waals surface area contributed by atoms with Crippen molar-refractivity contribution in [2.45, 2.75) is 245 Å². The van der Waals surface area contributed by atoms with Crippen molar-refractivity contribution >= 4 is 17.9 Å². The van der Waals surface area contributed by atoms with E-state index in [1.807, 2.05) is 91.1 Å². The highest BCUT2D eigenvalue weighted by Crippen LogP contribution is 2.16. The lowest BCUT2D eigenvalue weighted by atomic mass is 10.0. The zero-order valence-corrected chi connectivity index (χ0v) is 45.7. The lowest BCUT2D eigenvalue weighted by Gasteiger charge is -2.18. The molecular weight excluding hydrogens is 877 g/mol. The summed E-state index contributed by atoms with van der Waals surface area (Å²) in [6, 6.07) is 0. The van der Waals surface area contributed by atoms with Gasteiger partial charge in [0.15, 0.2) is 6.10 Å². The molecule has 71 heavy (non-hydrogen) atoms. The smallest absolute Gasteiger partial charge is 0.306 e. The fourth-order valence-corrected chi connectivity index (χ4v) is 7.67. The Morgan fingerprint density at radius 3 is 0.873 bits per heavy atom. The first-order valence-electron chi connectivity index (χ1n) is 28.8. The summed E-state index contributed by atoms with van der Waals surface area (Å²) < 4.78 is 16.8. The van der Waals surface area contributed by atoms with Crippen LogP contribution in [0.1, 0.15) is 239 Å². The number of hydrogen-bond acceptors (Lipinski definition) is 6. The fourth-order valence-electron chi connectivity index (χ4n) is 7.67. The van der Waals surface area contributed by atoms with E-state index in [0.29, 0.717) is 19.3 Å². The molecule has 1 unspecified atom stereocenters. The molecule has 0 saturated heterocycles. The van der Waals surface area contributed by atoms with Crippen molar-refractivity contribution in [3.63, 3.8) is 0 Å². The van der Waals surface area contributed by atoms with E-state index in [4.69, 9.17) is 14.2 Å². The number of carbonyl (C=O) groups excluding carboxylic acids is 3. The van der Waals surface area contributed by atoms with Gasteiger partial charge in [-0.1, -0.05) is 296 Å². The molecule has 0 amide bonds. The minimum atomic E-state index is -0.811. The van der Waals surface area contributed by atoms with Crippen LogP contribution in [-0.2, 0) is 28.6 Å². The molecule has 0 aliphatic rings. The van der Waals surface area contributed by atoms with Crippen LogP contribution in [0.15, 0.2) is 134 Å². The highest BCUT2D eigenvalue weighted by atomic mass is 16.6. The normalized spacial score (nSPS) is 13.1. The summed E-state index contributed by atoms with van der Waals surface area (Å²) in [6.45, 7) is 6.30. The van der Waals surface area contributed by atoms with Crippen LogP contribution in [-0.4, -0.2) is 37.2 Å². The van der Waals surface area contributed by atoms with Crippen LogP contribution in [0.4, 0.5) is 0 Å². The average molecular weight is 982 g/mol. The molecule has 6 nitrogen and oxygen atoms in total. The third-order valence-electron chi connectivity index (χ3n) is 11.9. The zero-order valence-electron chi connectivity index (χ0n) is 45.7. The van der Waals surface area contributed by atoms with Crippen molar-refractivity contribution in [3.8, 4) is 0 Å². The molecule has 0 heterocycles. The van der Waals surface area contributed by atoms with Crippen molar-refractivity contribution in [2.75, 3.05) is 13.2 Å². The molecule has 0 aliphatic heterocycles. The Bertz CT molecular complexity index is 1550. The van der Waals surface area contributed by atoms with Crippen molar-refractivity contribution in [2.24, 2.45) is 0 Å². The van der Waals surface area contributed by atoms with Crippen LogP contribution >= 0.6 is 0 Å². The topological polar surface area (TPSA) is 78.9 Å². The first-order chi connectivity index (χ1) is 35.0. The van der Waals surface area contributed by atoms with Gasteiger partial charge in [-0.2, -0.15) is 0 Å². The average Bonchev–Trinajstić information content (AvgIpc) is 3.37. The van der Waals surface area contributed by atoms with Gasteiger partial charge in [0, 0.05) is 19.3 Å². The second-order valence-electron chi connectivity index (χ2n) is 18.7. The number of allylic oxidation sites excluding steroid dienone is 22. The van der Waals surface area contributed by atoms with Gasteiger partial charge in [-0.05, 0) is 57.8 Å². The van der Waals surface area contributed by atoms with Crippen LogP contribution in [0, 0.1) is 0 Å². The predicted octanol–water partition coefficient (Wildman–Crippen LogP) is 19.4. The van der Waals surface area contributed by atoms with Gasteiger partial charge in [-0.25, -0.2) is 0 Å². The minimum absolute atomic E-state index is 0.108. The summed E-state index contributed by atoms with van der Waals surface area (Å²) in [5.74, 6) is -0.975. The van der Waals surface area contributed by atoms with Crippen LogP contribution in [0.3, 0.4) is 0 Å². The van der Waals surface area contributed by atoms with Crippen LogP contribution in [0.25, 0.3) is 0 Å². The van der Waals surface area contributed by atoms with E-state index in [2.05, 4.69) is 63.3 Å². The second kappa shape index (κ2) is 58.1. The quantitative estimate of drug-likeness (QED) is 0.0262. The predicted molar refractivity (Wildman–Crippen MR) is 306 cm³/mol. The molecule has 0 aromatic carbocycles. The standard InChI is InChI=1S/C65H104O6/c1-4-7-10-13-16-19-22-25-28-30-32-34-37-40-43-46-49-52-55-58-64(67)70-61-62(60-69-63(66)57-54-51-48-45-42-39-36-27-24-21-18-15-12-9-6-3)71-65(68)59-56-53-50-47-44-41-38-35-33-31-29-26-23-20-17-14-11-8-5-2/h7,9-10,12-13,15-16,18-19,21-22,24-25,27-28,30,32,34,36-37,40,43,62H,4-6,8,11,14,17,20,23,26,29,31,33,35,38-39,41-42,44-61H2,1-3H3/b10-7-,12-9-,16-13-,18-15-,22-19-,24-21-,28-25-,32-30+,36-27-,37-34-,43-40-. The summed E-state index contributed by atoms with van der Waals surface area (Å²) in [7, 11) is 0. The third kappa shape index (κ3) is 56.3.